The molecule has 1 atom stereocenters. The maximum Gasteiger partial charge on any atom is 0.306 e. The minimum atomic E-state index is -0.782. The van der Waals surface area contributed by atoms with E-state index in [4.69, 9.17) is 14.2 Å². The largest absolute Gasteiger partial charge is 0.462 e. The van der Waals surface area contributed by atoms with E-state index in [1.165, 1.54) is 154 Å². The Morgan fingerprint density at radius 3 is 0.836 bits per heavy atom. The number of carbonyl (C=O) groups excluding carboxylic acids is 3. The lowest BCUT2D eigenvalue weighted by atomic mass is 10.0. The van der Waals surface area contributed by atoms with Gasteiger partial charge >= 0.3 is 17.9 Å². The maximum absolute atomic E-state index is 12.8. The normalized spacial score (nSPS) is 12.6. The molecule has 1 unspecified atom stereocenters. The monoisotopic (exact) mass is 1020 g/mol. The average Bonchev–Trinajstić information content (AvgIpc) is 3.39. The van der Waals surface area contributed by atoms with Crippen molar-refractivity contribution in [2.45, 2.75) is 309 Å². The molecule has 420 valence electrons. The summed E-state index contributed by atoms with van der Waals surface area (Å²) in [5.74, 6) is -0.894. The molecule has 0 spiro atoms. The quantitative estimate of drug-likeness (QED) is 0.0261. The second-order valence-electron chi connectivity index (χ2n) is 20.6. The van der Waals surface area contributed by atoms with Gasteiger partial charge in [0.2, 0.25) is 0 Å². The molecule has 0 aromatic carbocycles. The molecule has 0 aliphatic rings. The summed E-state index contributed by atoms with van der Waals surface area (Å²) in [6.45, 7) is 6.48. The summed E-state index contributed by atoms with van der Waals surface area (Å²) in [7, 11) is 0. The van der Waals surface area contributed by atoms with E-state index < -0.39 is 6.10 Å². The minimum Gasteiger partial charge on any atom is -0.462 e. The zero-order chi connectivity index (χ0) is 52.9. The zero-order valence-corrected chi connectivity index (χ0v) is 48.1. The molecular weight excluding hydrogens is 901 g/mol. The molecule has 0 aromatic heterocycles. The first kappa shape index (κ1) is 69.6. The molecule has 0 fully saturated rings. The van der Waals surface area contributed by atoms with Crippen LogP contribution in [0.4, 0.5) is 0 Å². The first-order valence-electron chi connectivity index (χ1n) is 31.1. The number of hydrogen-bond donors (Lipinski definition) is 0. The maximum atomic E-state index is 12.8. The molecule has 0 N–H and O–H groups in total. The van der Waals surface area contributed by atoms with E-state index in [9.17, 15) is 14.4 Å². The smallest absolute Gasteiger partial charge is 0.306 e. The van der Waals surface area contributed by atoms with Crippen LogP contribution in [0.2, 0.25) is 0 Å². The summed E-state index contributed by atoms with van der Waals surface area (Å²) in [6, 6.07) is 0. The van der Waals surface area contributed by atoms with Crippen LogP contribution in [0.5, 0.6) is 0 Å². The summed E-state index contributed by atoms with van der Waals surface area (Å²) in [6.07, 6.45) is 80.4. The van der Waals surface area contributed by atoms with Crippen molar-refractivity contribution in [3.8, 4) is 0 Å². The lowest BCUT2D eigenvalue weighted by Gasteiger charge is -2.18. The second kappa shape index (κ2) is 61.1. The van der Waals surface area contributed by atoms with E-state index in [1.807, 2.05) is 0 Å². The van der Waals surface area contributed by atoms with Gasteiger partial charge in [0.15, 0.2) is 6.10 Å². The van der Waals surface area contributed by atoms with E-state index in [0.717, 1.165) is 109 Å². The van der Waals surface area contributed by atoms with Gasteiger partial charge in [0.1, 0.15) is 13.2 Å². The number of carbonyl (C=O) groups is 3. The number of ether oxygens (including phenoxy) is 3. The molecule has 0 aromatic rings. The lowest BCUT2D eigenvalue weighted by molar-refractivity contribution is -0.167. The summed E-state index contributed by atoms with van der Waals surface area (Å²) in [5.41, 5.74) is 0. The molecular formula is C67H116O6. The fraction of sp³-hybridized carbons (Fsp3) is 0.746. The van der Waals surface area contributed by atoms with Gasteiger partial charge in [-0.15, -0.1) is 0 Å². The molecule has 0 saturated carbocycles. The Kier molecular flexibility index (Phi) is 58.3. The van der Waals surface area contributed by atoms with Gasteiger partial charge in [-0.2, -0.15) is 0 Å². The Morgan fingerprint density at radius 1 is 0.288 bits per heavy atom. The SMILES string of the molecule is CC/C=C\C/C=C\C/C=C\C/C=C\CCCCCCCCC(=O)OC(COC(=O)CCCCCCCCC)COC(=O)CCCCCCCCCCCCCCCC/C=C\C/C=C\C/C=C\CCCCCCC. The molecule has 0 bridgehead atoms. The van der Waals surface area contributed by atoms with Crippen molar-refractivity contribution in [1.82, 2.24) is 0 Å². The van der Waals surface area contributed by atoms with Gasteiger partial charge in [-0.25, -0.2) is 0 Å². The predicted molar refractivity (Wildman–Crippen MR) is 316 cm³/mol. The van der Waals surface area contributed by atoms with Gasteiger partial charge in [0.05, 0.1) is 0 Å². The molecule has 0 aliphatic heterocycles. The molecule has 73 heavy (non-hydrogen) atoms. The Morgan fingerprint density at radius 2 is 0.534 bits per heavy atom. The molecule has 6 nitrogen and oxygen atoms in total. The van der Waals surface area contributed by atoms with Crippen molar-refractivity contribution in [2.24, 2.45) is 0 Å². The Balaban J connectivity index is 4.12. The third kappa shape index (κ3) is 59.3. The van der Waals surface area contributed by atoms with E-state index in [1.54, 1.807) is 0 Å². The van der Waals surface area contributed by atoms with Gasteiger partial charge in [0.25, 0.3) is 0 Å². The zero-order valence-electron chi connectivity index (χ0n) is 48.1. The molecule has 0 radical (unpaired) electrons. The molecule has 0 rings (SSSR count). The Hall–Kier alpha value is -3.41. The van der Waals surface area contributed by atoms with E-state index in [2.05, 4.69) is 106 Å². The van der Waals surface area contributed by atoms with Crippen LogP contribution in [-0.2, 0) is 28.6 Å². The van der Waals surface area contributed by atoms with Crippen molar-refractivity contribution in [3.63, 3.8) is 0 Å². The van der Waals surface area contributed by atoms with Crippen LogP contribution in [0.3, 0.4) is 0 Å². The van der Waals surface area contributed by atoms with Crippen LogP contribution in [0.1, 0.15) is 303 Å². The van der Waals surface area contributed by atoms with Crippen LogP contribution >= 0.6 is 0 Å². The average molecular weight is 1020 g/mol. The van der Waals surface area contributed by atoms with Crippen molar-refractivity contribution < 1.29 is 28.6 Å². The van der Waals surface area contributed by atoms with Crippen LogP contribution < -0.4 is 0 Å². The topological polar surface area (TPSA) is 78.9 Å². The third-order valence-electron chi connectivity index (χ3n) is 13.4. The first-order valence-corrected chi connectivity index (χ1v) is 31.1. The van der Waals surface area contributed by atoms with Gasteiger partial charge in [-0.3, -0.25) is 14.4 Å². The van der Waals surface area contributed by atoms with Gasteiger partial charge in [-0.1, -0.05) is 273 Å². The molecule has 0 amide bonds. The Bertz CT molecular complexity index is 1400. The molecule has 0 heterocycles. The number of esters is 3. The van der Waals surface area contributed by atoms with Gasteiger partial charge in [0, 0.05) is 19.3 Å². The first-order chi connectivity index (χ1) is 36.0. The van der Waals surface area contributed by atoms with Crippen molar-refractivity contribution in [2.75, 3.05) is 13.2 Å². The van der Waals surface area contributed by atoms with Gasteiger partial charge < -0.3 is 14.2 Å². The molecule has 6 heteroatoms. The molecule has 0 aliphatic carbocycles. The van der Waals surface area contributed by atoms with Crippen molar-refractivity contribution in [3.05, 3.63) is 85.1 Å². The fourth-order valence-electron chi connectivity index (χ4n) is 8.74. The summed E-state index contributed by atoms with van der Waals surface area (Å²) in [5, 5.41) is 0. The third-order valence-corrected chi connectivity index (χ3v) is 13.4. The fourth-order valence-corrected chi connectivity index (χ4v) is 8.74. The highest BCUT2D eigenvalue weighted by Crippen LogP contribution is 2.16. The summed E-state index contributed by atoms with van der Waals surface area (Å²) in [4.78, 5) is 38.0. The highest BCUT2D eigenvalue weighted by Gasteiger charge is 2.19. The lowest BCUT2D eigenvalue weighted by Crippen LogP contribution is -2.30. The minimum absolute atomic E-state index is 0.0809. The van der Waals surface area contributed by atoms with E-state index >= 15 is 0 Å². The number of allylic oxidation sites excluding steroid dienone is 14. The number of hydrogen-bond acceptors (Lipinski definition) is 6. The summed E-state index contributed by atoms with van der Waals surface area (Å²) >= 11 is 0. The highest BCUT2D eigenvalue weighted by molar-refractivity contribution is 5.71. The van der Waals surface area contributed by atoms with Crippen LogP contribution in [0, 0.1) is 0 Å². The predicted octanol–water partition coefficient (Wildman–Crippen LogP) is 21.1. The second-order valence-corrected chi connectivity index (χ2v) is 20.6. The van der Waals surface area contributed by atoms with Crippen molar-refractivity contribution in [1.29, 1.82) is 0 Å². The summed E-state index contributed by atoms with van der Waals surface area (Å²) < 4.78 is 16.8. The van der Waals surface area contributed by atoms with Crippen LogP contribution in [0.15, 0.2) is 85.1 Å². The van der Waals surface area contributed by atoms with Gasteiger partial charge in [-0.05, 0) is 96.3 Å². The highest BCUT2D eigenvalue weighted by atomic mass is 16.6. The standard InChI is InChI=1S/C67H116O6/c1-4-7-10-13-16-18-20-22-24-26-28-29-30-31-32-33-34-35-36-37-39-40-42-44-46-48-51-54-57-60-66(69)72-63-64(62-71-65(68)59-56-53-50-15-12-9-6-3)73-67(70)61-58-55-52-49-47-45-43-41-38-27-25-23-21-19-17-14-11-8-5-2/h8,11,17,19-20,22-23,25-26,28,30-31,38,41,64H,4-7,9-10,12-16,18,21,24,27,29,32-37,39-40,42-63H2,1-3H3/b11-8-,19-17-,22-20-,25-23-,28-26-,31-30-,41-38-. The number of unbranched alkanes of at least 4 members (excludes halogenated alkanes) is 31. The Labute approximate surface area is 452 Å². The van der Waals surface area contributed by atoms with Crippen molar-refractivity contribution >= 4 is 17.9 Å². The van der Waals surface area contributed by atoms with E-state index in [0.29, 0.717) is 19.3 Å². The molecule has 0 saturated heterocycles. The number of rotatable bonds is 56. The van der Waals surface area contributed by atoms with Crippen LogP contribution in [0.25, 0.3) is 0 Å². The van der Waals surface area contributed by atoms with Crippen LogP contribution in [-0.4, -0.2) is 37.2 Å². The van der Waals surface area contributed by atoms with E-state index in [-0.39, 0.29) is 31.1 Å².